The third kappa shape index (κ3) is 5.00. The summed E-state index contributed by atoms with van der Waals surface area (Å²) in [6.45, 7) is 1.78. The van der Waals surface area contributed by atoms with Crippen LogP contribution in [-0.2, 0) is 16.2 Å². The summed E-state index contributed by atoms with van der Waals surface area (Å²) in [5, 5.41) is 8.26. The van der Waals surface area contributed by atoms with Gasteiger partial charge in [-0.3, -0.25) is 4.79 Å². The summed E-state index contributed by atoms with van der Waals surface area (Å²) < 4.78 is 13.3. The van der Waals surface area contributed by atoms with Crippen LogP contribution in [0.15, 0.2) is 40.9 Å². The fourth-order valence-electron chi connectivity index (χ4n) is 1.55. The van der Waals surface area contributed by atoms with Gasteiger partial charge in [0.1, 0.15) is 5.82 Å². The van der Waals surface area contributed by atoms with E-state index in [1.54, 1.807) is 25.3 Å². The van der Waals surface area contributed by atoms with Gasteiger partial charge in [-0.1, -0.05) is 23.4 Å². The molecule has 1 N–H and O–H groups in total. The van der Waals surface area contributed by atoms with E-state index < -0.39 is 0 Å². The van der Waals surface area contributed by atoms with Crippen molar-refractivity contribution in [3.63, 3.8) is 0 Å². The highest BCUT2D eigenvalue weighted by Crippen LogP contribution is 2.08. The summed E-state index contributed by atoms with van der Waals surface area (Å²) >= 11 is 1.53. The molecule has 1 amide bonds. The van der Waals surface area contributed by atoms with Crippen molar-refractivity contribution in [3.8, 4) is 0 Å². The molecule has 0 radical (unpaired) electrons. The van der Waals surface area contributed by atoms with E-state index in [0.29, 0.717) is 11.1 Å². The highest BCUT2D eigenvalue weighted by molar-refractivity contribution is 7.11. The molecule has 0 aliphatic carbocycles. The number of carbonyl (C=O) groups excluding carboxylic acids is 1. The number of aryl methyl sites for hydroxylation is 1. The van der Waals surface area contributed by atoms with Gasteiger partial charge in [-0.2, -0.15) is 0 Å². The Morgan fingerprint density at radius 2 is 2.33 bits per heavy atom. The Morgan fingerprint density at radius 1 is 1.48 bits per heavy atom. The molecule has 4 nitrogen and oxygen atoms in total. The minimum Gasteiger partial charge on any atom is -0.386 e. The normalized spacial score (nSPS) is 10.8. The van der Waals surface area contributed by atoms with Crippen LogP contribution < -0.4 is 5.32 Å². The Labute approximate surface area is 126 Å². The summed E-state index contributed by atoms with van der Waals surface area (Å²) in [7, 11) is 0. The third-order valence-electron chi connectivity index (χ3n) is 2.72. The zero-order valence-corrected chi connectivity index (χ0v) is 12.3. The van der Waals surface area contributed by atoms with Crippen molar-refractivity contribution in [2.24, 2.45) is 5.16 Å². The molecule has 110 valence electrons. The number of nitrogens with one attached hydrogen (secondary N) is 1. The Bertz CT molecular complexity index is 627. The number of carbonyl (C=O) groups is 1. The fraction of sp³-hybridized carbons (Fsp3) is 0.200. The molecule has 1 aromatic heterocycles. The minimum absolute atomic E-state index is 0.170. The van der Waals surface area contributed by atoms with Crippen molar-refractivity contribution in [3.05, 3.63) is 57.5 Å². The lowest BCUT2D eigenvalue weighted by Crippen LogP contribution is -2.26. The molecule has 0 spiro atoms. The lowest BCUT2D eigenvalue weighted by molar-refractivity contribution is -0.125. The van der Waals surface area contributed by atoms with Gasteiger partial charge in [-0.15, -0.1) is 11.3 Å². The Kier molecular flexibility index (Phi) is 5.45. The molecule has 0 bridgehead atoms. The van der Waals surface area contributed by atoms with E-state index in [4.69, 9.17) is 4.84 Å². The number of thiophene rings is 1. The predicted octanol–water partition coefficient (Wildman–Crippen LogP) is 2.86. The molecule has 1 heterocycles. The second kappa shape index (κ2) is 7.54. The van der Waals surface area contributed by atoms with E-state index in [0.717, 1.165) is 4.88 Å². The van der Waals surface area contributed by atoms with Gasteiger partial charge < -0.3 is 10.2 Å². The molecule has 0 unspecified atom stereocenters. The number of oxime groups is 1. The van der Waals surface area contributed by atoms with Gasteiger partial charge >= 0.3 is 0 Å². The van der Waals surface area contributed by atoms with Gasteiger partial charge in [0.25, 0.3) is 5.91 Å². The minimum atomic E-state index is -0.306. The van der Waals surface area contributed by atoms with E-state index in [-0.39, 0.29) is 24.9 Å². The maximum absolute atomic E-state index is 13.3. The zero-order valence-electron chi connectivity index (χ0n) is 11.5. The number of amides is 1. The highest BCUT2D eigenvalue weighted by Gasteiger charge is 2.03. The molecule has 0 saturated heterocycles. The van der Waals surface area contributed by atoms with Crippen LogP contribution in [0.4, 0.5) is 4.39 Å². The standard InChI is InChI=1S/C15H15FN2O2S/c1-11-4-5-12(7-14(11)16)8-17-15(19)10-20-18-9-13-3-2-6-21-13/h2-7,9H,8,10H2,1H3,(H,17,19)/b18-9+. The molecule has 6 heteroatoms. The van der Waals surface area contributed by atoms with Crippen molar-refractivity contribution >= 4 is 23.5 Å². The van der Waals surface area contributed by atoms with Crippen molar-refractivity contribution in [2.45, 2.75) is 13.5 Å². The van der Waals surface area contributed by atoms with Crippen LogP contribution in [0.2, 0.25) is 0 Å². The first kappa shape index (κ1) is 15.2. The van der Waals surface area contributed by atoms with Gasteiger partial charge in [0.2, 0.25) is 0 Å². The summed E-state index contributed by atoms with van der Waals surface area (Å²) in [5.74, 6) is -0.585. The number of hydrogen-bond acceptors (Lipinski definition) is 4. The van der Waals surface area contributed by atoms with Crippen molar-refractivity contribution in [1.29, 1.82) is 0 Å². The number of hydrogen-bond donors (Lipinski definition) is 1. The molecule has 0 aliphatic heterocycles. The maximum Gasteiger partial charge on any atom is 0.261 e. The monoisotopic (exact) mass is 306 g/mol. The Morgan fingerprint density at radius 3 is 3.05 bits per heavy atom. The smallest absolute Gasteiger partial charge is 0.261 e. The second-order valence-corrected chi connectivity index (χ2v) is 5.36. The van der Waals surface area contributed by atoms with E-state index in [1.807, 2.05) is 17.5 Å². The molecule has 21 heavy (non-hydrogen) atoms. The summed E-state index contributed by atoms with van der Waals surface area (Å²) in [6.07, 6.45) is 1.55. The van der Waals surface area contributed by atoms with Crippen molar-refractivity contribution in [1.82, 2.24) is 5.32 Å². The quantitative estimate of drug-likeness (QED) is 0.659. The van der Waals surface area contributed by atoms with Crippen LogP contribution in [0.5, 0.6) is 0 Å². The van der Waals surface area contributed by atoms with Gasteiger partial charge in [0.05, 0.1) is 6.21 Å². The first-order chi connectivity index (χ1) is 10.1. The lowest BCUT2D eigenvalue weighted by Gasteiger charge is -2.05. The maximum atomic E-state index is 13.3. The zero-order chi connectivity index (χ0) is 15.1. The van der Waals surface area contributed by atoms with Crippen LogP contribution in [0.1, 0.15) is 16.0 Å². The fourth-order valence-corrected chi connectivity index (χ4v) is 2.12. The summed E-state index contributed by atoms with van der Waals surface area (Å²) in [6, 6.07) is 8.65. The molecule has 0 aliphatic rings. The van der Waals surface area contributed by atoms with Gasteiger partial charge in [0.15, 0.2) is 6.61 Å². The molecule has 0 atom stereocenters. The SMILES string of the molecule is Cc1ccc(CNC(=O)CO/N=C/c2cccs2)cc1F. The molecule has 2 aromatic rings. The number of halogens is 1. The van der Waals surface area contributed by atoms with E-state index in [2.05, 4.69) is 10.5 Å². The van der Waals surface area contributed by atoms with Gasteiger partial charge in [0, 0.05) is 11.4 Å². The lowest BCUT2D eigenvalue weighted by atomic mass is 10.1. The first-order valence-corrected chi connectivity index (χ1v) is 7.23. The largest absolute Gasteiger partial charge is 0.386 e. The molecule has 0 saturated carbocycles. The molecule has 2 rings (SSSR count). The molecule has 0 fully saturated rings. The number of benzene rings is 1. The molecular weight excluding hydrogens is 291 g/mol. The van der Waals surface area contributed by atoms with Crippen LogP contribution in [0.3, 0.4) is 0 Å². The highest BCUT2D eigenvalue weighted by atomic mass is 32.1. The van der Waals surface area contributed by atoms with Crippen LogP contribution in [0, 0.1) is 12.7 Å². The number of nitrogens with zero attached hydrogens (tertiary/aromatic N) is 1. The van der Waals surface area contributed by atoms with Gasteiger partial charge in [-0.05, 0) is 35.6 Å². The Balaban J connectivity index is 1.71. The average Bonchev–Trinajstić information content (AvgIpc) is 2.98. The summed E-state index contributed by atoms with van der Waals surface area (Å²) in [4.78, 5) is 17.4. The van der Waals surface area contributed by atoms with Crippen LogP contribution >= 0.6 is 11.3 Å². The third-order valence-corrected chi connectivity index (χ3v) is 3.53. The molecule has 1 aromatic carbocycles. The Hall–Kier alpha value is -2.21. The molecular formula is C15H15FN2O2S. The number of rotatable bonds is 6. The topological polar surface area (TPSA) is 50.7 Å². The second-order valence-electron chi connectivity index (χ2n) is 4.38. The van der Waals surface area contributed by atoms with E-state index in [1.165, 1.54) is 17.4 Å². The van der Waals surface area contributed by atoms with Gasteiger partial charge in [-0.25, -0.2) is 4.39 Å². The van der Waals surface area contributed by atoms with Crippen LogP contribution in [0.25, 0.3) is 0 Å². The first-order valence-electron chi connectivity index (χ1n) is 6.36. The average molecular weight is 306 g/mol. The summed E-state index contributed by atoms with van der Waals surface area (Å²) in [5.41, 5.74) is 1.28. The van der Waals surface area contributed by atoms with E-state index >= 15 is 0 Å². The predicted molar refractivity (Wildman–Crippen MR) is 80.8 cm³/mol. The van der Waals surface area contributed by atoms with Crippen molar-refractivity contribution in [2.75, 3.05) is 6.61 Å². The van der Waals surface area contributed by atoms with Crippen molar-refractivity contribution < 1.29 is 14.0 Å². The van der Waals surface area contributed by atoms with Crippen LogP contribution in [-0.4, -0.2) is 18.7 Å². The van der Waals surface area contributed by atoms with E-state index in [9.17, 15) is 9.18 Å².